The average molecular weight is 233 g/mol. The summed E-state index contributed by atoms with van der Waals surface area (Å²) in [6.45, 7) is 2.67. The van der Waals surface area contributed by atoms with Crippen molar-refractivity contribution in [2.75, 3.05) is 6.54 Å². The lowest BCUT2D eigenvalue weighted by Gasteiger charge is -2.11. The van der Waals surface area contributed by atoms with Crippen LogP contribution >= 0.6 is 0 Å². The number of hydrogen-bond donors (Lipinski definition) is 1. The van der Waals surface area contributed by atoms with Gasteiger partial charge >= 0.3 is 6.09 Å². The molecule has 0 spiro atoms. The number of rotatable bonds is 3. The molecule has 0 unspecified atom stereocenters. The third-order valence-corrected chi connectivity index (χ3v) is 3.31. The molecule has 17 heavy (non-hydrogen) atoms. The van der Waals surface area contributed by atoms with Crippen LogP contribution in [0.1, 0.15) is 31.2 Å². The standard InChI is InChI=1S/C14H19NO2/c1-11-6-2-5-9-13(11)17-14(16)15-10-12-7-3-4-8-12/h2,5-6,9,12H,3-4,7-8,10H2,1H3,(H,15,16). The molecular formula is C14H19NO2. The molecule has 0 atom stereocenters. The maximum absolute atomic E-state index is 11.6. The number of carbonyl (C=O) groups is 1. The first kappa shape index (κ1) is 12.0. The minimum Gasteiger partial charge on any atom is -0.410 e. The molecule has 2 rings (SSSR count). The summed E-state index contributed by atoms with van der Waals surface area (Å²) < 4.78 is 5.25. The highest BCUT2D eigenvalue weighted by molar-refractivity contribution is 5.70. The van der Waals surface area contributed by atoms with Crippen LogP contribution < -0.4 is 10.1 Å². The molecule has 0 saturated heterocycles. The van der Waals surface area contributed by atoms with Gasteiger partial charge in [-0.05, 0) is 37.3 Å². The summed E-state index contributed by atoms with van der Waals surface area (Å²) in [6.07, 6.45) is 4.69. The Balaban J connectivity index is 1.79. The molecule has 0 heterocycles. The fourth-order valence-corrected chi connectivity index (χ4v) is 2.25. The Kier molecular flexibility index (Phi) is 4.02. The fraction of sp³-hybridized carbons (Fsp3) is 0.500. The smallest absolute Gasteiger partial charge is 0.410 e. The molecule has 1 saturated carbocycles. The van der Waals surface area contributed by atoms with Crippen LogP contribution in [0.4, 0.5) is 4.79 Å². The predicted octanol–water partition coefficient (Wildman–Crippen LogP) is 3.27. The lowest BCUT2D eigenvalue weighted by molar-refractivity contribution is 0.198. The van der Waals surface area contributed by atoms with Gasteiger partial charge in [-0.25, -0.2) is 4.79 Å². The van der Waals surface area contributed by atoms with Crippen molar-refractivity contribution in [2.24, 2.45) is 5.92 Å². The summed E-state index contributed by atoms with van der Waals surface area (Å²) in [5.74, 6) is 1.27. The van der Waals surface area contributed by atoms with Crippen molar-refractivity contribution >= 4 is 6.09 Å². The fourth-order valence-electron chi connectivity index (χ4n) is 2.25. The average Bonchev–Trinajstić information content (AvgIpc) is 2.82. The summed E-state index contributed by atoms with van der Waals surface area (Å²) >= 11 is 0. The molecule has 1 aliphatic carbocycles. The Hall–Kier alpha value is -1.51. The molecule has 3 heteroatoms. The van der Waals surface area contributed by atoms with Crippen LogP contribution in [0, 0.1) is 12.8 Å². The van der Waals surface area contributed by atoms with Crippen molar-refractivity contribution in [2.45, 2.75) is 32.6 Å². The Morgan fingerprint density at radius 1 is 1.35 bits per heavy atom. The van der Waals surface area contributed by atoms with Gasteiger partial charge in [0.25, 0.3) is 0 Å². The number of carbonyl (C=O) groups excluding carboxylic acids is 1. The summed E-state index contributed by atoms with van der Waals surface area (Å²) in [5, 5.41) is 2.84. The highest BCUT2D eigenvalue weighted by Crippen LogP contribution is 2.23. The zero-order valence-corrected chi connectivity index (χ0v) is 10.2. The van der Waals surface area contributed by atoms with Crippen molar-refractivity contribution in [1.29, 1.82) is 0 Å². The first-order chi connectivity index (χ1) is 8.25. The van der Waals surface area contributed by atoms with Crippen molar-refractivity contribution in [3.63, 3.8) is 0 Å². The number of aryl methyl sites for hydroxylation is 1. The highest BCUT2D eigenvalue weighted by atomic mass is 16.6. The minimum absolute atomic E-state index is 0.341. The van der Waals surface area contributed by atoms with Gasteiger partial charge in [0.05, 0.1) is 0 Å². The molecule has 1 amide bonds. The topological polar surface area (TPSA) is 38.3 Å². The summed E-state index contributed by atoms with van der Waals surface area (Å²) in [5.41, 5.74) is 0.975. The van der Waals surface area contributed by atoms with Crippen LogP contribution in [0.5, 0.6) is 5.75 Å². The monoisotopic (exact) mass is 233 g/mol. The molecule has 92 valence electrons. The third-order valence-electron chi connectivity index (χ3n) is 3.31. The van der Waals surface area contributed by atoms with E-state index in [4.69, 9.17) is 4.74 Å². The van der Waals surface area contributed by atoms with Gasteiger partial charge in [-0.1, -0.05) is 31.0 Å². The Morgan fingerprint density at radius 3 is 2.76 bits per heavy atom. The van der Waals surface area contributed by atoms with Crippen LogP contribution in [-0.2, 0) is 0 Å². The number of nitrogens with one attached hydrogen (secondary N) is 1. The van der Waals surface area contributed by atoms with Crippen molar-refractivity contribution in [3.05, 3.63) is 29.8 Å². The van der Waals surface area contributed by atoms with Gasteiger partial charge < -0.3 is 10.1 Å². The van der Waals surface area contributed by atoms with E-state index in [2.05, 4.69) is 5.32 Å². The normalized spacial score (nSPS) is 15.8. The van der Waals surface area contributed by atoms with Gasteiger partial charge in [0.15, 0.2) is 0 Å². The Morgan fingerprint density at radius 2 is 2.06 bits per heavy atom. The van der Waals surface area contributed by atoms with E-state index in [0.29, 0.717) is 11.7 Å². The molecule has 0 aromatic heterocycles. The maximum Gasteiger partial charge on any atom is 0.412 e. The zero-order chi connectivity index (χ0) is 12.1. The van der Waals surface area contributed by atoms with Gasteiger partial charge in [-0.2, -0.15) is 0 Å². The number of para-hydroxylation sites is 1. The first-order valence-corrected chi connectivity index (χ1v) is 6.27. The van der Waals surface area contributed by atoms with E-state index >= 15 is 0 Å². The lowest BCUT2D eigenvalue weighted by Crippen LogP contribution is -2.31. The Bertz CT molecular complexity index is 384. The molecule has 1 fully saturated rings. The van der Waals surface area contributed by atoms with E-state index in [1.165, 1.54) is 25.7 Å². The van der Waals surface area contributed by atoms with Crippen molar-refractivity contribution in [1.82, 2.24) is 5.32 Å². The van der Waals surface area contributed by atoms with E-state index in [0.717, 1.165) is 12.1 Å². The van der Waals surface area contributed by atoms with Gasteiger partial charge in [-0.3, -0.25) is 0 Å². The largest absolute Gasteiger partial charge is 0.412 e. The minimum atomic E-state index is -0.341. The van der Waals surface area contributed by atoms with Gasteiger partial charge in [0.2, 0.25) is 0 Å². The molecule has 1 aromatic rings. The van der Waals surface area contributed by atoms with Crippen LogP contribution in [0.2, 0.25) is 0 Å². The van der Waals surface area contributed by atoms with Crippen LogP contribution in [0.25, 0.3) is 0 Å². The molecule has 1 N–H and O–H groups in total. The number of benzene rings is 1. The second-order valence-corrected chi connectivity index (χ2v) is 4.69. The molecule has 0 bridgehead atoms. The highest BCUT2D eigenvalue weighted by Gasteiger charge is 2.16. The van der Waals surface area contributed by atoms with E-state index in [1.54, 1.807) is 0 Å². The number of amides is 1. The zero-order valence-electron chi connectivity index (χ0n) is 10.2. The van der Waals surface area contributed by atoms with Crippen LogP contribution in [0.15, 0.2) is 24.3 Å². The van der Waals surface area contributed by atoms with Crippen LogP contribution in [-0.4, -0.2) is 12.6 Å². The lowest BCUT2D eigenvalue weighted by atomic mass is 10.1. The first-order valence-electron chi connectivity index (χ1n) is 6.27. The molecule has 0 radical (unpaired) electrons. The predicted molar refractivity (Wildman–Crippen MR) is 67.2 cm³/mol. The number of ether oxygens (including phenoxy) is 1. The van der Waals surface area contributed by atoms with E-state index < -0.39 is 0 Å². The van der Waals surface area contributed by atoms with Gasteiger partial charge in [-0.15, -0.1) is 0 Å². The Labute approximate surface area is 102 Å². The van der Waals surface area contributed by atoms with Gasteiger partial charge in [0, 0.05) is 6.54 Å². The molecule has 1 aliphatic rings. The molecule has 3 nitrogen and oxygen atoms in total. The molecule has 0 aliphatic heterocycles. The van der Waals surface area contributed by atoms with Crippen LogP contribution in [0.3, 0.4) is 0 Å². The second kappa shape index (κ2) is 5.71. The van der Waals surface area contributed by atoms with E-state index in [1.807, 2.05) is 31.2 Å². The second-order valence-electron chi connectivity index (χ2n) is 4.69. The number of hydrogen-bond acceptors (Lipinski definition) is 2. The molecule has 1 aromatic carbocycles. The maximum atomic E-state index is 11.6. The quantitative estimate of drug-likeness (QED) is 0.870. The SMILES string of the molecule is Cc1ccccc1OC(=O)NCC1CCCC1. The van der Waals surface area contributed by atoms with Crippen molar-refractivity contribution < 1.29 is 9.53 Å². The van der Waals surface area contributed by atoms with E-state index in [-0.39, 0.29) is 6.09 Å². The third kappa shape index (κ3) is 3.48. The van der Waals surface area contributed by atoms with Crippen molar-refractivity contribution in [3.8, 4) is 5.75 Å². The summed E-state index contributed by atoms with van der Waals surface area (Å²) in [6, 6.07) is 7.54. The molecular weight excluding hydrogens is 214 g/mol. The van der Waals surface area contributed by atoms with Gasteiger partial charge in [0.1, 0.15) is 5.75 Å². The summed E-state index contributed by atoms with van der Waals surface area (Å²) in [4.78, 5) is 11.6. The summed E-state index contributed by atoms with van der Waals surface area (Å²) in [7, 11) is 0. The van der Waals surface area contributed by atoms with E-state index in [9.17, 15) is 4.79 Å².